The fraction of sp³-hybridized carbons (Fsp3) is 0.100. The molecule has 0 spiro atoms. The number of nitrogens with one attached hydrogen (secondary N) is 3. The fourth-order valence-corrected chi connectivity index (χ4v) is 3.19. The monoisotopic (exact) mass is 364 g/mol. The molecule has 2 aromatic carbocycles. The van der Waals surface area contributed by atoms with E-state index < -0.39 is 0 Å². The van der Waals surface area contributed by atoms with Crippen LogP contribution < -0.4 is 11.0 Å². The van der Waals surface area contributed by atoms with Crippen molar-refractivity contribution in [3.63, 3.8) is 0 Å². The Kier molecular flexibility index (Phi) is 3.92. The topological polar surface area (TPSA) is 82.7 Å². The summed E-state index contributed by atoms with van der Waals surface area (Å²) >= 11 is 0. The lowest BCUT2D eigenvalue weighted by molar-refractivity contribution is 0.102. The van der Waals surface area contributed by atoms with Gasteiger partial charge < -0.3 is 15.3 Å². The highest BCUT2D eigenvalue weighted by molar-refractivity contribution is 6.06. The Bertz CT molecular complexity index is 1230. The molecule has 0 fully saturated rings. The molecule has 3 N–H and O–H groups in total. The van der Waals surface area contributed by atoms with Crippen molar-refractivity contribution in [3.05, 3.63) is 81.9 Å². The van der Waals surface area contributed by atoms with Gasteiger partial charge in [0.2, 0.25) is 0 Å². The largest absolute Gasteiger partial charge is 0.350 e. The van der Waals surface area contributed by atoms with Gasteiger partial charge in [-0.1, -0.05) is 6.07 Å². The molecule has 0 aliphatic carbocycles. The average Bonchev–Trinajstić information content (AvgIpc) is 3.19. The van der Waals surface area contributed by atoms with E-state index in [9.17, 15) is 14.0 Å². The van der Waals surface area contributed by atoms with Gasteiger partial charge in [-0.2, -0.15) is 0 Å². The van der Waals surface area contributed by atoms with E-state index >= 15 is 0 Å². The zero-order chi connectivity index (χ0) is 19.1. The van der Waals surface area contributed by atoms with Gasteiger partial charge >= 0.3 is 5.69 Å². The van der Waals surface area contributed by atoms with Gasteiger partial charge in [0.05, 0.1) is 5.69 Å². The van der Waals surface area contributed by atoms with E-state index in [-0.39, 0.29) is 17.4 Å². The summed E-state index contributed by atoms with van der Waals surface area (Å²) in [4.78, 5) is 30.1. The SMILES string of the molecule is Cc1cc(F)cc2[nH]c(C(=O)Nc3cccc(-n4c(C)c[nH]c4=O)c3)cc12. The highest BCUT2D eigenvalue weighted by Crippen LogP contribution is 2.22. The number of benzene rings is 2. The summed E-state index contributed by atoms with van der Waals surface area (Å²) in [6, 6.07) is 11.5. The van der Waals surface area contributed by atoms with Crippen molar-refractivity contribution >= 4 is 22.5 Å². The van der Waals surface area contributed by atoms with E-state index in [2.05, 4.69) is 15.3 Å². The Morgan fingerprint density at radius 1 is 1.15 bits per heavy atom. The predicted molar refractivity (Wildman–Crippen MR) is 102 cm³/mol. The molecule has 0 bridgehead atoms. The Balaban J connectivity index is 1.65. The van der Waals surface area contributed by atoms with Gasteiger partial charge in [-0.3, -0.25) is 9.36 Å². The minimum Gasteiger partial charge on any atom is -0.350 e. The van der Waals surface area contributed by atoms with Crippen LogP contribution in [0.25, 0.3) is 16.6 Å². The molecule has 0 aliphatic heterocycles. The first-order chi connectivity index (χ1) is 12.9. The van der Waals surface area contributed by atoms with E-state index in [0.29, 0.717) is 22.6 Å². The van der Waals surface area contributed by atoms with E-state index in [1.807, 2.05) is 6.92 Å². The second-order valence-electron chi connectivity index (χ2n) is 6.44. The lowest BCUT2D eigenvalue weighted by Crippen LogP contribution is -2.17. The van der Waals surface area contributed by atoms with Crippen molar-refractivity contribution in [2.24, 2.45) is 0 Å². The van der Waals surface area contributed by atoms with Crippen LogP contribution in [0.1, 0.15) is 21.7 Å². The molecule has 2 heterocycles. The summed E-state index contributed by atoms with van der Waals surface area (Å²) < 4.78 is 15.1. The van der Waals surface area contributed by atoms with Crippen LogP contribution in [-0.4, -0.2) is 20.4 Å². The van der Waals surface area contributed by atoms with Crippen molar-refractivity contribution in [1.29, 1.82) is 0 Å². The van der Waals surface area contributed by atoms with Gasteiger partial charge in [-0.05, 0) is 55.8 Å². The zero-order valence-electron chi connectivity index (χ0n) is 14.8. The Hall–Kier alpha value is -3.61. The number of aromatic amines is 2. The van der Waals surface area contributed by atoms with E-state index in [1.54, 1.807) is 43.5 Å². The second-order valence-corrected chi connectivity index (χ2v) is 6.44. The molecule has 4 aromatic rings. The highest BCUT2D eigenvalue weighted by atomic mass is 19.1. The third-order valence-corrected chi connectivity index (χ3v) is 4.48. The molecule has 0 aliphatic rings. The van der Waals surface area contributed by atoms with E-state index in [4.69, 9.17) is 0 Å². The number of nitrogens with zero attached hydrogens (tertiary/aromatic N) is 1. The molecule has 0 saturated carbocycles. The van der Waals surface area contributed by atoms with Gasteiger partial charge in [0.1, 0.15) is 11.5 Å². The molecule has 6 nitrogen and oxygen atoms in total. The molecule has 0 radical (unpaired) electrons. The zero-order valence-corrected chi connectivity index (χ0v) is 14.8. The number of aryl methyl sites for hydroxylation is 2. The maximum atomic E-state index is 13.5. The van der Waals surface area contributed by atoms with Crippen LogP contribution in [-0.2, 0) is 0 Å². The minimum atomic E-state index is -0.353. The Morgan fingerprint density at radius 3 is 2.70 bits per heavy atom. The van der Waals surface area contributed by atoms with Crippen LogP contribution in [0.3, 0.4) is 0 Å². The molecular weight excluding hydrogens is 347 g/mol. The number of rotatable bonds is 3. The number of fused-ring (bicyclic) bond motifs is 1. The molecule has 7 heteroatoms. The molecule has 2 aromatic heterocycles. The normalized spacial score (nSPS) is 11.1. The molecule has 1 amide bonds. The number of H-pyrrole nitrogens is 2. The summed E-state index contributed by atoms with van der Waals surface area (Å²) in [5.41, 5.74) is 3.36. The van der Waals surface area contributed by atoms with Crippen LogP contribution in [0.5, 0.6) is 0 Å². The molecule has 0 atom stereocenters. The van der Waals surface area contributed by atoms with Gasteiger partial charge in [-0.15, -0.1) is 0 Å². The van der Waals surface area contributed by atoms with Crippen LogP contribution in [0.15, 0.2) is 53.5 Å². The number of hydrogen-bond acceptors (Lipinski definition) is 2. The van der Waals surface area contributed by atoms with Gasteiger partial charge in [0.15, 0.2) is 0 Å². The molecule has 0 saturated heterocycles. The van der Waals surface area contributed by atoms with Crippen molar-refractivity contribution < 1.29 is 9.18 Å². The number of imidazole rings is 1. The Morgan fingerprint density at radius 2 is 1.96 bits per heavy atom. The van der Waals surface area contributed by atoms with E-state index in [1.165, 1.54) is 16.7 Å². The Labute approximate surface area is 153 Å². The smallest absolute Gasteiger partial charge is 0.330 e. The molecule has 27 heavy (non-hydrogen) atoms. The number of carbonyl (C=O) groups excluding carboxylic acids is 1. The molecule has 4 rings (SSSR count). The van der Waals surface area contributed by atoms with E-state index in [0.717, 1.165) is 16.6 Å². The number of amides is 1. The van der Waals surface area contributed by atoms with Crippen molar-refractivity contribution in [2.45, 2.75) is 13.8 Å². The number of aromatic nitrogens is 3. The van der Waals surface area contributed by atoms with Crippen molar-refractivity contribution in [2.75, 3.05) is 5.32 Å². The van der Waals surface area contributed by atoms with Gasteiger partial charge in [0.25, 0.3) is 5.91 Å². The van der Waals surface area contributed by atoms with Crippen LogP contribution in [0, 0.1) is 19.7 Å². The summed E-state index contributed by atoms with van der Waals surface area (Å²) in [6.07, 6.45) is 1.62. The first-order valence-corrected chi connectivity index (χ1v) is 8.40. The third-order valence-electron chi connectivity index (χ3n) is 4.48. The number of carbonyl (C=O) groups is 1. The first-order valence-electron chi connectivity index (χ1n) is 8.40. The van der Waals surface area contributed by atoms with Gasteiger partial charge in [0, 0.05) is 28.5 Å². The maximum absolute atomic E-state index is 13.5. The second kappa shape index (κ2) is 6.28. The summed E-state index contributed by atoms with van der Waals surface area (Å²) in [6.45, 7) is 3.61. The number of anilines is 1. The third kappa shape index (κ3) is 3.03. The minimum absolute atomic E-state index is 0.246. The highest BCUT2D eigenvalue weighted by Gasteiger charge is 2.13. The summed E-state index contributed by atoms with van der Waals surface area (Å²) in [5.74, 6) is -0.699. The first kappa shape index (κ1) is 16.8. The quantitative estimate of drug-likeness (QED) is 0.518. The molecular formula is C20H17FN4O2. The lowest BCUT2D eigenvalue weighted by Gasteiger charge is -2.08. The van der Waals surface area contributed by atoms with Crippen LogP contribution in [0.2, 0.25) is 0 Å². The lowest BCUT2D eigenvalue weighted by atomic mass is 10.1. The summed E-state index contributed by atoms with van der Waals surface area (Å²) in [5, 5.41) is 3.60. The van der Waals surface area contributed by atoms with Crippen molar-refractivity contribution in [3.8, 4) is 5.69 Å². The van der Waals surface area contributed by atoms with Crippen molar-refractivity contribution in [1.82, 2.24) is 14.5 Å². The summed E-state index contributed by atoms with van der Waals surface area (Å²) in [7, 11) is 0. The maximum Gasteiger partial charge on any atom is 0.330 e. The van der Waals surface area contributed by atoms with Gasteiger partial charge in [-0.25, -0.2) is 9.18 Å². The standard InChI is InChI=1S/C20H17FN4O2/c1-11-6-13(21)7-17-16(11)9-18(24-17)19(26)23-14-4-3-5-15(8-14)25-12(2)10-22-20(25)27/h3-10,24H,1-2H3,(H,22,27)(H,23,26). The number of hydrogen-bond donors (Lipinski definition) is 3. The fourth-order valence-electron chi connectivity index (χ4n) is 3.19. The van der Waals surface area contributed by atoms with Crippen LogP contribution in [0.4, 0.5) is 10.1 Å². The number of halogens is 1. The average molecular weight is 364 g/mol. The molecule has 136 valence electrons. The molecule has 0 unspecified atom stereocenters. The van der Waals surface area contributed by atoms with Crippen LogP contribution >= 0.6 is 0 Å². The predicted octanol–water partition coefficient (Wildman–Crippen LogP) is 3.66.